The molecule has 0 bridgehead atoms. The zero-order valence-corrected chi connectivity index (χ0v) is 6.72. The number of terminal acetylenes is 1. The molecule has 1 aliphatic carbocycles. The highest BCUT2D eigenvalue weighted by molar-refractivity contribution is 5.80. The molecule has 11 heavy (non-hydrogen) atoms. The molecule has 0 atom stereocenters. The Morgan fingerprint density at radius 2 is 2.09 bits per heavy atom. The van der Waals surface area contributed by atoms with Crippen molar-refractivity contribution < 1.29 is 9.53 Å². The molecule has 2 heteroatoms. The minimum Gasteiger partial charge on any atom is -0.468 e. The van der Waals surface area contributed by atoms with E-state index in [2.05, 4.69) is 10.7 Å². The van der Waals surface area contributed by atoms with Crippen LogP contribution < -0.4 is 0 Å². The lowest BCUT2D eigenvalue weighted by Gasteiger charge is -2.17. The summed E-state index contributed by atoms with van der Waals surface area (Å²) in [6, 6.07) is 0. The van der Waals surface area contributed by atoms with E-state index in [1.165, 1.54) is 7.11 Å². The van der Waals surface area contributed by atoms with Crippen molar-refractivity contribution in [3.8, 4) is 12.3 Å². The van der Waals surface area contributed by atoms with Gasteiger partial charge in [-0.2, -0.15) is 0 Å². The topological polar surface area (TPSA) is 26.3 Å². The molecule has 60 valence electrons. The Labute approximate surface area is 66.9 Å². The predicted octanol–water partition coefficient (Wildman–Crippen LogP) is 1.35. The summed E-state index contributed by atoms with van der Waals surface area (Å²) in [6.45, 7) is 0. The van der Waals surface area contributed by atoms with Crippen LogP contribution in [-0.4, -0.2) is 13.1 Å². The number of hydrogen-bond acceptors (Lipinski definition) is 2. The Kier molecular flexibility index (Phi) is 2.19. The molecule has 1 fully saturated rings. The first kappa shape index (κ1) is 8.13. The van der Waals surface area contributed by atoms with Gasteiger partial charge in [-0.15, -0.1) is 6.42 Å². The van der Waals surface area contributed by atoms with Crippen molar-refractivity contribution in [3.05, 3.63) is 0 Å². The number of methoxy groups -OCH3 is 1. The fraction of sp³-hybridized carbons (Fsp3) is 0.667. The molecule has 0 N–H and O–H groups in total. The molecule has 0 spiro atoms. The molecule has 0 saturated heterocycles. The van der Waals surface area contributed by atoms with E-state index < -0.39 is 5.41 Å². The van der Waals surface area contributed by atoms with Crippen LogP contribution in [0.2, 0.25) is 0 Å². The summed E-state index contributed by atoms with van der Waals surface area (Å²) in [5, 5.41) is 0. The van der Waals surface area contributed by atoms with Gasteiger partial charge in [-0.05, 0) is 12.8 Å². The van der Waals surface area contributed by atoms with Crippen LogP contribution in [0, 0.1) is 17.8 Å². The fourth-order valence-corrected chi connectivity index (χ4v) is 1.58. The maximum atomic E-state index is 11.2. The monoisotopic (exact) mass is 152 g/mol. The van der Waals surface area contributed by atoms with E-state index in [1.54, 1.807) is 0 Å². The summed E-state index contributed by atoms with van der Waals surface area (Å²) >= 11 is 0. The Hall–Kier alpha value is -0.970. The minimum absolute atomic E-state index is 0.238. The van der Waals surface area contributed by atoms with Crippen molar-refractivity contribution >= 4 is 5.97 Å². The number of ether oxygens (including phenoxy) is 1. The van der Waals surface area contributed by atoms with E-state index in [-0.39, 0.29) is 5.97 Å². The maximum absolute atomic E-state index is 11.2. The largest absolute Gasteiger partial charge is 0.468 e. The molecule has 1 rings (SSSR count). The van der Waals surface area contributed by atoms with Gasteiger partial charge >= 0.3 is 5.97 Å². The fourth-order valence-electron chi connectivity index (χ4n) is 1.58. The molecule has 2 nitrogen and oxygen atoms in total. The maximum Gasteiger partial charge on any atom is 0.323 e. The molecule has 0 aliphatic heterocycles. The first-order valence-electron chi connectivity index (χ1n) is 3.81. The molecule has 0 heterocycles. The van der Waals surface area contributed by atoms with Crippen LogP contribution >= 0.6 is 0 Å². The highest BCUT2D eigenvalue weighted by Gasteiger charge is 2.40. The summed E-state index contributed by atoms with van der Waals surface area (Å²) < 4.78 is 4.65. The van der Waals surface area contributed by atoms with Gasteiger partial charge in [0, 0.05) is 0 Å². The Bertz CT molecular complexity index is 194. The van der Waals surface area contributed by atoms with Gasteiger partial charge in [0.25, 0.3) is 0 Å². The smallest absolute Gasteiger partial charge is 0.323 e. The van der Waals surface area contributed by atoms with E-state index in [0.29, 0.717) is 0 Å². The summed E-state index contributed by atoms with van der Waals surface area (Å²) in [5.41, 5.74) is -0.589. The van der Waals surface area contributed by atoms with Crippen molar-refractivity contribution in [1.29, 1.82) is 0 Å². The summed E-state index contributed by atoms with van der Waals surface area (Å²) in [7, 11) is 1.39. The van der Waals surface area contributed by atoms with Gasteiger partial charge < -0.3 is 4.74 Å². The van der Waals surface area contributed by atoms with Crippen LogP contribution in [0.4, 0.5) is 0 Å². The van der Waals surface area contributed by atoms with Crippen molar-refractivity contribution in [2.45, 2.75) is 25.7 Å². The van der Waals surface area contributed by atoms with Crippen LogP contribution in [0.1, 0.15) is 25.7 Å². The Balaban J connectivity index is 2.76. The van der Waals surface area contributed by atoms with Gasteiger partial charge in [-0.1, -0.05) is 18.8 Å². The SMILES string of the molecule is C#CC1(C(=O)OC)CCCC1. The van der Waals surface area contributed by atoms with Gasteiger partial charge in [0.15, 0.2) is 0 Å². The van der Waals surface area contributed by atoms with Crippen LogP contribution in [0.3, 0.4) is 0 Å². The summed E-state index contributed by atoms with van der Waals surface area (Å²) in [5.74, 6) is 2.32. The molecule has 1 aliphatic rings. The Morgan fingerprint density at radius 1 is 1.55 bits per heavy atom. The Morgan fingerprint density at radius 3 is 2.45 bits per heavy atom. The van der Waals surface area contributed by atoms with Crippen molar-refractivity contribution in [2.75, 3.05) is 7.11 Å². The zero-order valence-electron chi connectivity index (χ0n) is 6.72. The first-order valence-corrected chi connectivity index (χ1v) is 3.81. The second-order valence-corrected chi connectivity index (χ2v) is 2.93. The second-order valence-electron chi connectivity index (χ2n) is 2.93. The number of esters is 1. The van der Waals surface area contributed by atoms with Gasteiger partial charge in [-0.25, -0.2) is 0 Å². The lowest BCUT2D eigenvalue weighted by molar-refractivity contribution is -0.148. The predicted molar refractivity (Wildman–Crippen MR) is 41.8 cm³/mol. The van der Waals surface area contributed by atoms with E-state index >= 15 is 0 Å². The molecule has 0 unspecified atom stereocenters. The average molecular weight is 152 g/mol. The molecule has 1 saturated carbocycles. The molecule has 0 aromatic carbocycles. The molecule has 0 aromatic heterocycles. The van der Waals surface area contributed by atoms with Gasteiger partial charge in [0.05, 0.1) is 7.11 Å². The normalized spacial score (nSPS) is 20.7. The van der Waals surface area contributed by atoms with Crippen LogP contribution in [0.25, 0.3) is 0 Å². The van der Waals surface area contributed by atoms with Gasteiger partial charge in [-0.3, -0.25) is 4.79 Å². The highest BCUT2D eigenvalue weighted by Crippen LogP contribution is 2.38. The summed E-state index contributed by atoms with van der Waals surface area (Å²) in [6.07, 6.45) is 8.95. The van der Waals surface area contributed by atoms with Crippen LogP contribution in [0.5, 0.6) is 0 Å². The number of carbonyl (C=O) groups excluding carboxylic acids is 1. The highest BCUT2D eigenvalue weighted by atomic mass is 16.5. The van der Waals surface area contributed by atoms with E-state index in [4.69, 9.17) is 6.42 Å². The molecule has 0 amide bonds. The lowest BCUT2D eigenvalue weighted by atomic mass is 9.88. The number of carbonyl (C=O) groups is 1. The third-order valence-corrected chi connectivity index (χ3v) is 2.31. The summed E-state index contributed by atoms with van der Waals surface area (Å²) in [4.78, 5) is 11.2. The molecule has 0 radical (unpaired) electrons. The van der Waals surface area contributed by atoms with Gasteiger partial charge in [0.1, 0.15) is 5.41 Å². The average Bonchev–Trinajstić information content (AvgIpc) is 2.52. The molecular formula is C9H12O2. The number of hydrogen-bond donors (Lipinski definition) is 0. The van der Waals surface area contributed by atoms with Crippen molar-refractivity contribution in [1.82, 2.24) is 0 Å². The third kappa shape index (κ3) is 1.23. The molecule has 0 aromatic rings. The molecular weight excluding hydrogens is 140 g/mol. The lowest BCUT2D eigenvalue weighted by Crippen LogP contribution is -2.27. The van der Waals surface area contributed by atoms with E-state index in [9.17, 15) is 4.79 Å². The zero-order chi connectivity index (χ0) is 8.32. The number of rotatable bonds is 1. The standard InChI is InChI=1S/C9H12O2/c1-3-9(8(10)11-2)6-4-5-7-9/h1H,4-7H2,2H3. The van der Waals surface area contributed by atoms with E-state index in [1.807, 2.05) is 0 Å². The van der Waals surface area contributed by atoms with Crippen LogP contribution in [0.15, 0.2) is 0 Å². The van der Waals surface area contributed by atoms with Gasteiger partial charge in [0.2, 0.25) is 0 Å². The van der Waals surface area contributed by atoms with Crippen molar-refractivity contribution in [2.24, 2.45) is 5.41 Å². The third-order valence-electron chi connectivity index (χ3n) is 2.31. The second kappa shape index (κ2) is 2.96. The quantitative estimate of drug-likeness (QED) is 0.419. The minimum atomic E-state index is -0.589. The van der Waals surface area contributed by atoms with Crippen molar-refractivity contribution in [3.63, 3.8) is 0 Å². The van der Waals surface area contributed by atoms with Crippen LogP contribution in [-0.2, 0) is 9.53 Å². The first-order chi connectivity index (χ1) is 5.25. The van der Waals surface area contributed by atoms with E-state index in [0.717, 1.165) is 25.7 Å².